The Kier molecular flexibility index (Phi) is 5.36. The summed E-state index contributed by atoms with van der Waals surface area (Å²) in [5.41, 5.74) is 0.624. The Morgan fingerprint density at radius 2 is 2.10 bits per heavy atom. The number of guanidine groups is 1. The van der Waals surface area contributed by atoms with Crippen molar-refractivity contribution in [1.29, 1.82) is 0 Å². The second kappa shape index (κ2) is 7.47. The highest BCUT2D eigenvalue weighted by Gasteiger charge is 2.20. The van der Waals surface area contributed by atoms with Crippen LogP contribution in [0.5, 0.6) is 0 Å². The molecule has 0 amide bonds. The molecule has 7 heteroatoms. The first kappa shape index (κ1) is 15.1. The lowest BCUT2D eigenvalue weighted by Crippen LogP contribution is -2.40. The number of nitro benzene ring substituents is 1. The van der Waals surface area contributed by atoms with Crippen LogP contribution in [0.3, 0.4) is 0 Å². The van der Waals surface area contributed by atoms with Crippen LogP contribution in [0.2, 0.25) is 0 Å². The highest BCUT2D eigenvalue weighted by atomic mass is 16.6. The van der Waals surface area contributed by atoms with E-state index < -0.39 is 0 Å². The summed E-state index contributed by atoms with van der Waals surface area (Å²) in [5.74, 6) is 1.56. The number of nitrogens with zero attached hydrogens (tertiary/aromatic N) is 2. The Morgan fingerprint density at radius 1 is 1.33 bits per heavy atom. The third-order valence-electron chi connectivity index (χ3n) is 3.31. The molecule has 1 aliphatic rings. The smallest absolute Gasteiger partial charge is 0.292 e. The largest absolute Gasteiger partial charge is 0.378 e. The molecule has 2 rings (SSSR count). The van der Waals surface area contributed by atoms with E-state index in [1.165, 1.54) is 18.9 Å². The zero-order valence-corrected chi connectivity index (χ0v) is 12.1. The summed E-state index contributed by atoms with van der Waals surface area (Å²) in [6, 6.07) is 6.63. The van der Waals surface area contributed by atoms with Crippen molar-refractivity contribution in [3.05, 3.63) is 34.4 Å². The van der Waals surface area contributed by atoms with Crippen molar-refractivity contribution in [2.24, 2.45) is 10.9 Å². The predicted octanol–water partition coefficient (Wildman–Crippen LogP) is 1.58. The normalized spacial score (nSPS) is 14.6. The van der Waals surface area contributed by atoms with Crippen LogP contribution in [0.4, 0.5) is 11.4 Å². The van der Waals surface area contributed by atoms with E-state index in [2.05, 4.69) is 20.9 Å². The fraction of sp³-hybridized carbons (Fsp3) is 0.500. The van der Waals surface area contributed by atoms with Crippen molar-refractivity contribution in [2.75, 3.05) is 32.0 Å². The lowest BCUT2D eigenvalue weighted by Gasteiger charge is -2.12. The van der Waals surface area contributed by atoms with Crippen LogP contribution in [0.1, 0.15) is 12.8 Å². The zero-order valence-electron chi connectivity index (χ0n) is 12.1. The summed E-state index contributed by atoms with van der Waals surface area (Å²) in [5, 5.41) is 20.4. The average molecular weight is 291 g/mol. The fourth-order valence-electron chi connectivity index (χ4n) is 1.94. The lowest BCUT2D eigenvalue weighted by molar-refractivity contribution is -0.384. The molecule has 1 aliphatic carbocycles. The minimum Gasteiger partial charge on any atom is -0.378 e. The van der Waals surface area contributed by atoms with E-state index in [0.717, 1.165) is 18.4 Å². The van der Waals surface area contributed by atoms with Gasteiger partial charge in [0.2, 0.25) is 0 Å². The molecule has 0 unspecified atom stereocenters. The van der Waals surface area contributed by atoms with E-state index in [-0.39, 0.29) is 10.6 Å². The highest BCUT2D eigenvalue weighted by Crippen LogP contribution is 2.27. The molecule has 114 valence electrons. The molecule has 1 aromatic carbocycles. The van der Waals surface area contributed by atoms with Crippen molar-refractivity contribution in [3.8, 4) is 0 Å². The molecule has 0 bridgehead atoms. The van der Waals surface area contributed by atoms with Gasteiger partial charge in [0.05, 0.1) is 4.92 Å². The van der Waals surface area contributed by atoms with Crippen molar-refractivity contribution >= 4 is 17.3 Å². The predicted molar refractivity (Wildman–Crippen MR) is 83.7 cm³/mol. The SMILES string of the molecule is CN=C(NCCNc1ccccc1[N+](=O)[O-])NCC1CC1. The summed E-state index contributed by atoms with van der Waals surface area (Å²) >= 11 is 0. The van der Waals surface area contributed by atoms with Gasteiger partial charge in [-0.1, -0.05) is 12.1 Å². The first-order valence-corrected chi connectivity index (χ1v) is 7.12. The van der Waals surface area contributed by atoms with Crippen LogP contribution in [-0.4, -0.2) is 37.6 Å². The maximum Gasteiger partial charge on any atom is 0.292 e. The van der Waals surface area contributed by atoms with Crippen LogP contribution in [0.15, 0.2) is 29.3 Å². The number of para-hydroxylation sites is 2. The Hall–Kier alpha value is -2.31. The number of rotatable bonds is 7. The second-order valence-corrected chi connectivity index (χ2v) is 5.02. The summed E-state index contributed by atoms with van der Waals surface area (Å²) < 4.78 is 0. The van der Waals surface area contributed by atoms with Gasteiger partial charge in [0, 0.05) is 32.7 Å². The monoisotopic (exact) mass is 291 g/mol. The summed E-state index contributed by atoms with van der Waals surface area (Å²) in [6.45, 7) is 2.17. The number of aliphatic imine (C=N–C) groups is 1. The average Bonchev–Trinajstić information content (AvgIpc) is 3.31. The molecule has 1 saturated carbocycles. The third kappa shape index (κ3) is 4.94. The molecule has 0 aromatic heterocycles. The molecule has 0 radical (unpaired) electrons. The van der Waals surface area contributed by atoms with Crippen LogP contribution in [0, 0.1) is 16.0 Å². The minimum absolute atomic E-state index is 0.0914. The van der Waals surface area contributed by atoms with Gasteiger partial charge in [-0.3, -0.25) is 15.1 Å². The Bertz CT molecular complexity index is 514. The van der Waals surface area contributed by atoms with E-state index in [9.17, 15) is 10.1 Å². The molecule has 0 spiro atoms. The number of hydrogen-bond donors (Lipinski definition) is 3. The van der Waals surface area contributed by atoms with Gasteiger partial charge in [0.25, 0.3) is 5.69 Å². The van der Waals surface area contributed by atoms with Gasteiger partial charge in [-0.25, -0.2) is 0 Å². The topological polar surface area (TPSA) is 91.6 Å². The van der Waals surface area contributed by atoms with Crippen LogP contribution >= 0.6 is 0 Å². The van der Waals surface area contributed by atoms with Gasteiger partial charge in [0.1, 0.15) is 5.69 Å². The zero-order chi connectivity index (χ0) is 15.1. The number of hydrogen-bond acceptors (Lipinski definition) is 4. The molecule has 0 atom stereocenters. The summed E-state index contributed by atoms with van der Waals surface area (Å²) in [4.78, 5) is 14.6. The maximum absolute atomic E-state index is 10.9. The maximum atomic E-state index is 10.9. The Balaban J connectivity index is 1.72. The van der Waals surface area contributed by atoms with E-state index >= 15 is 0 Å². The highest BCUT2D eigenvalue weighted by molar-refractivity contribution is 5.79. The Morgan fingerprint density at radius 3 is 2.76 bits per heavy atom. The van der Waals surface area contributed by atoms with Gasteiger partial charge in [-0.05, 0) is 24.8 Å². The molecule has 3 N–H and O–H groups in total. The summed E-state index contributed by atoms with van der Waals surface area (Å²) in [7, 11) is 1.73. The van der Waals surface area contributed by atoms with Gasteiger partial charge in [-0.15, -0.1) is 0 Å². The van der Waals surface area contributed by atoms with E-state index in [0.29, 0.717) is 18.8 Å². The van der Waals surface area contributed by atoms with Crippen molar-refractivity contribution in [3.63, 3.8) is 0 Å². The van der Waals surface area contributed by atoms with E-state index in [1.807, 2.05) is 0 Å². The first-order chi connectivity index (χ1) is 10.2. The molecule has 0 heterocycles. The Labute approximate surface area is 124 Å². The molecule has 0 aliphatic heterocycles. The van der Waals surface area contributed by atoms with Gasteiger partial charge in [-0.2, -0.15) is 0 Å². The van der Waals surface area contributed by atoms with Gasteiger partial charge in [0.15, 0.2) is 5.96 Å². The van der Waals surface area contributed by atoms with Crippen LogP contribution in [0.25, 0.3) is 0 Å². The fourth-order valence-corrected chi connectivity index (χ4v) is 1.94. The summed E-state index contributed by atoms with van der Waals surface area (Å²) in [6.07, 6.45) is 2.59. The van der Waals surface area contributed by atoms with Crippen molar-refractivity contribution < 1.29 is 4.92 Å². The molecule has 1 aromatic rings. The van der Waals surface area contributed by atoms with Crippen LogP contribution < -0.4 is 16.0 Å². The number of nitro groups is 1. The molecule has 1 fully saturated rings. The molecule has 0 saturated heterocycles. The number of nitrogens with one attached hydrogen (secondary N) is 3. The van der Waals surface area contributed by atoms with Crippen molar-refractivity contribution in [1.82, 2.24) is 10.6 Å². The minimum atomic E-state index is -0.383. The van der Waals surface area contributed by atoms with Gasteiger partial charge < -0.3 is 16.0 Å². The second-order valence-electron chi connectivity index (χ2n) is 5.02. The number of benzene rings is 1. The molecular formula is C14H21N5O2. The van der Waals surface area contributed by atoms with Gasteiger partial charge >= 0.3 is 0 Å². The quantitative estimate of drug-likeness (QED) is 0.233. The first-order valence-electron chi connectivity index (χ1n) is 7.12. The van der Waals surface area contributed by atoms with E-state index in [4.69, 9.17) is 0 Å². The van der Waals surface area contributed by atoms with E-state index in [1.54, 1.807) is 25.2 Å². The lowest BCUT2D eigenvalue weighted by atomic mass is 10.2. The van der Waals surface area contributed by atoms with Crippen LogP contribution in [-0.2, 0) is 0 Å². The third-order valence-corrected chi connectivity index (χ3v) is 3.31. The van der Waals surface area contributed by atoms with Crippen molar-refractivity contribution in [2.45, 2.75) is 12.8 Å². The standard InChI is InChI=1S/C14H21N5O2/c1-15-14(18-10-11-6-7-11)17-9-8-16-12-4-2-3-5-13(12)19(20)21/h2-5,11,16H,6-10H2,1H3,(H2,15,17,18). The molecular weight excluding hydrogens is 270 g/mol. The molecule has 21 heavy (non-hydrogen) atoms. The number of anilines is 1. The molecule has 7 nitrogen and oxygen atoms in total.